The summed E-state index contributed by atoms with van der Waals surface area (Å²) >= 11 is 0. The molecule has 72 valence electrons. The molecule has 1 rings (SSSR count). The van der Waals surface area contributed by atoms with E-state index < -0.39 is 17.1 Å². The molecule has 0 N–H and O–H groups in total. The molecule has 1 atom stereocenters. The van der Waals surface area contributed by atoms with Gasteiger partial charge in [-0.1, -0.05) is 0 Å². The van der Waals surface area contributed by atoms with E-state index >= 15 is 0 Å². The summed E-state index contributed by atoms with van der Waals surface area (Å²) in [6.45, 7) is -1.17. The van der Waals surface area contributed by atoms with Crippen molar-refractivity contribution < 1.29 is 8.77 Å². The summed E-state index contributed by atoms with van der Waals surface area (Å²) in [5.74, 6) is 0. The lowest BCUT2D eigenvalue weighted by molar-refractivity contribution is 0.345. The largest absolute Gasteiger partial charge is 0.299 e. The normalized spacial score (nSPS) is 28.6. The molecule has 0 saturated carbocycles. The third kappa shape index (κ3) is 1.51. The number of nitrogens with zero attached hydrogens (tertiary/aromatic N) is 2. The maximum Gasteiger partial charge on any atom is 0.299 e. The molecule has 1 fully saturated rings. The van der Waals surface area contributed by atoms with E-state index in [0.29, 0.717) is 0 Å². The second-order valence-electron chi connectivity index (χ2n) is 3.03. The van der Waals surface area contributed by atoms with Crippen molar-refractivity contribution in [3.63, 3.8) is 0 Å². The van der Waals surface area contributed by atoms with Gasteiger partial charge in [0.1, 0.15) is 10.4 Å². The van der Waals surface area contributed by atoms with Crippen LogP contribution < -0.4 is 0 Å². The van der Waals surface area contributed by atoms with E-state index in [9.17, 15) is 8.77 Å². The first-order chi connectivity index (χ1) is 5.49. The molecule has 0 spiro atoms. The van der Waals surface area contributed by atoms with E-state index in [4.69, 9.17) is 0 Å². The van der Waals surface area contributed by atoms with Gasteiger partial charge >= 0.3 is 0 Å². The smallest absolute Gasteiger partial charge is 0.274 e. The highest BCUT2D eigenvalue weighted by atomic mass is 32.8. The van der Waals surface area contributed by atoms with Crippen LogP contribution in [0.4, 0.5) is 0 Å². The predicted octanol–water partition coefficient (Wildman–Crippen LogP) is 0.740. The molecule has 1 saturated heterocycles. The Bertz CT molecular complexity index is 232. The third-order valence-electron chi connectivity index (χ3n) is 2.16. The molecule has 1 heterocycles. The van der Waals surface area contributed by atoms with E-state index in [-0.39, 0.29) is 0 Å². The molecule has 0 aliphatic carbocycles. The molecule has 4 nitrogen and oxygen atoms in total. The van der Waals surface area contributed by atoms with Gasteiger partial charge in [0.25, 0.3) is 6.65 Å². The van der Waals surface area contributed by atoms with Crippen molar-refractivity contribution in [2.75, 3.05) is 33.4 Å². The minimum atomic E-state index is -2.73. The highest BCUT2D eigenvalue weighted by Gasteiger charge is 2.39. The fourth-order valence-electron chi connectivity index (χ4n) is 1.43. The number of hydrogen-bond donors (Lipinski definition) is 0. The van der Waals surface area contributed by atoms with E-state index in [1.165, 1.54) is 6.26 Å². The van der Waals surface area contributed by atoms with E-state index in [0.717, 1.165) is 19.5 Å². The van der Waals surface area contributed by atoms with Crippen molar-refractivity contribution in [2.24, 2.45) is 0 Å². The SMILES string of the molecule is CN1CCCN(C)P1(=O)S(C)=O. The Hall–Kier alpha value is 0.300. The highest BCUT2D eigenvalue weighted by molar-refractivity contribution is 8.47. The van der Waals surface area contributed by atoms with Gasteiger partial charge in [0.05, 0.1) is 0 Å². The van der Waals surface area contributed by atoms with Crippen LogP contribution in [0, 0.1) is 0 Å². The Balaban J connectivity index is 2.96. The topological polar surface area (TPSA) is 40.6 Å². The fourth-order valence-corrected chi connectivity index (χ4v) is 6.37. The minimum Gasteiger partial charge on any atom is -0.274 e. The summed E-state index contributed by atoms with van der Waals surface area (Å²) in [6, 6.07) is 0. The molecular weight excluding hydrogens is 195 g/mol. The van der Waals surface area contributed by atoms with Crippen molar-refractivity contribution in [1.82, 2.24) is 9.34 Å². The zero-order chi connectivity index (χ0) is 9.35. The molecule has 1 unspecified atom stereocenters. The van der Waals surface area contributed by atoms with Crippen LogP contribution >= 0.6 is 6.65 Å². The van der Waals surface area contributed by atoms with E-state index in [1.807, 2.05) is 0 Å². The minimum absolute atomic E-state index is 0.779. The van der Waals surface area contributed by atoms with Crippen LogP contribution in [-0.4, -0.2) is 47.0 Å². The Kier molecular flexibility index (Phi) is 3.10. The maximum atomic E-state index is 12.1. The summed E-state index contributed by atoms with van der Waals surface area (Å²) in [5.41, 5.74) is 0. The molecule has 12 heavy (non-hydrogen) atoms. The van der Waals surface area contributed by atoms with Gasteiger partial charge in [0.15, 0.2) is 0 Å². The maximum absolute atomic E-state index is 12.1. The molecule has 0 radical (unpaired) electrons. The molecule has 1 aliphatic heterocycles. The van der Waals surface area contributed by atoms with Crippen LogP contribution in [0.5, 0.6) is 0 Å². The van der Waals surface area contributed by atoms with Gasteiger partial charge in [-0.15, -0.1) is 0 Å². The van der Waals surface area contributed by atoms with Crippen LogP contribution in [0.15, 0.2) is 0 Å². The Labute approximate surface area is 75.6 Å². The summed E-state index contributed by atoms with van der Waals surface area (Å²) < 4.78 is 26.9. The van der Waals surface area contributed by atoms with Crippen LogP contribution in [0.2, 0.25) is 0 Å². The second-order valence-corrected chi connectivity index (χ2v) is 9.19. The van der Waals surface area contributed by atoms with Gasteiger partial charge in [0.2, 0.25) is 0 Å². The van der Waals surface area contributed by atoms with Crippen LogP contribution in [0.3, 0.4) is 0 Å². The van der Waals surface area contributed by atoms with Crippen molar-refractivity contribution in [3.05, 3.63) is 0 Å². The molecular formula is C6H15N2O2PS. The van der Waals surface area contributed by atoms with Crippen LogP contribution in [0.1, 0.15) is 6.42 Å². The number of hydrogen-bond acceptors (Lipinski definition) is 2. The molecule has 0 aromatic rings. The van der Waals surface area contributed by atoms with Gasteiger partial charge in [-0.2, -0.15) is 0 Å². The van der Waals surface area contributed by atoms with Crippen LogP contribution in [-0.2, 0) is 15.0 Å². The average Bonchev–Trinajstić information content (AvgIpc) is 1.99. The number of rotatable bonds is 1. The van der Waals surface area contributed by atoms with Crippen molar-refractivity contribution >= 4 is 17.1 Å². The van der Waals surface area contributed by atoms with Crippen molar-refractivity contribution in [3.8, 4) is 0 Å². The summed E-state index contributed by atoms with van der Waals surface area (Å²) in [4.78, 5) is 0. The Morgan fingerprint density at radius 1 is 1.25 bits per heavy atom. The standard InChI is InChI=1S/C6H15N2O2PS/c1-7-5-4-6-8(2)11(7,9)12(3)10/h4-6H2,1-3H3. The van der Waals surface area contributed by atoms with Gasteiger partial charge in [-0.05, 0) is 20.5 Å². The zero-order valence-electron chi connectivity index (χ0n) is 7.69. The predicted molar refractivity (Wildman–Crippen MR) is 51.5 cm³/mol. The van der Waals surface area contributed by atoms with Gasteiger partial charge < -0.3 is 0 Å². The molecule has 6 heteroatoms. The first-order valence-corrected chi connectivity index (χ1v) is 7.64. The molecule has 0 amide bonds. The lowest BCUT2D eigenvalue weighted by Gasteiger charge is -2.37. The Morgan fingerprint density at radius 2 is 1.67 bits per heavy atom. The highest BCUT2D eigenvalue weighted by Crippen LogP contribution is 2.56. The van der Waals surface area contributed by atoms with Crippen molar-refractivity contribution in [2.45, 2.75) is 6.42 Å². The lowest BCUT2D eigenvalue weighted by atomic mass is 10.4. The van der Waals surface area contributed by atoms with E-state index in [1.54, 1.807) is 23.4 Å². The van der Waals surface area contributed by atoms with Gasteiger partial charge in [-0.25, -0.2) is 13.5 Å². The second kappa shape index (κ2) is 3.58. The fraction of sp³-hybridized carbons (Fsp3) is 1.00. The summed E-state index contributed by atoms with van der Waals surface area (Å²) in [5, 5.41) is 0. The third-order valence-corrected chi connectivity index (χ3v) is 8.64. The lowest BCUT2D eigenvalue weighted by Crippen LogP contribution is -2.36. The first-order valence-electron chi connectivity index (χ1n) is 3.87. The Morgan fingerprint density at radius 3 is 1.92 bits per heavy atom. The molecule has 0 aromatic carbocycles. The average molecular weight is 210 g/mol. The zero-order valence-corrected chi connectivity index (χ0v) is 9.40. The molecule has 0 bridgehead atoms. The van der Waals surface area contributed by atoms with Gasteiger partial charge in [-0.3, -0.25) is 4.57 Å². The van der Waals surface area contributed by atoms with Gasteiger partial charge in [0, 0.05) is 19.3 Å². The first kappa shape index (κ1) is 10.4. The quantitative estimate of drug-likeness (QED) is 0.598. The van der Waals surface area contributed by atoms with E-state index in [2.05, 4.69) is 0 Å². The summed E-state index contributed by atoms with van der Waals surface area (Å²) in [6.07, 6.45) is 2.51. The molecule has 0 aromatic heterocycles. The molecule has 1 aliphatic rings. The summed E-state index contributed by atoms with van der Waals surface area (Å²) in [7, 11) is 2.28. The van der Waals surface area contributed by atoms with Crippen LogP contribution in [0.25, 0.3) is 0 Å². The monoisotopic (exact) mass is 210 g/mol. The van der Waals surface area contributed by atoms with Crippen molar-refractivity contribution in [1.29, 1.82) is 0 Å².